The summed E-state index contributed by atoms with van der Waals surface area (Å²) < 4.78 is 5.09. The van der Waals surface area contributed by atoms with Gasteiger partial charge in [0.2, 0.25) is 11.8 Å². The summed E-state index contributed by atoms with van der Waals surface area (Å²) in [6.07, 6.45) is 4.48. The first kappa shape index (κ1) is 14.7. The van der Waals surface area contributed by atoms with Gasteiger partial charge in [-0.3, -0.25) is 9.59 Å². The van der Waals surface area contributed by atoms with Crippen molar-refractivity contribution in [2.24, 2.45) is 0 Å². The molecule has 0 aliphatic carbocycles. The van der Waals surface area contributed by atoms with Crippen molar-refractivity contribution in [3.8, 4) is 0 Å². The quantitative estimate of drug-likeness (QED) is 0.852. The molecule has 1 aromatic heterocycles. The van der Waals surface area contributed by atoms with Gasteiger partial charge in [0.1, 0.15) is 11.8 Å². The molecule has 1 atom stereocenters. The van der Waals surface area contributed by atoms with Gasteiger partial charge in [0, 0.05) is 30.7 Å². The molecule has 0 bridgehead atoms. The number of thioether (sulfide) groups is 1. The molecule has 20 heavy (non-hydrogen) atoms. The maximum atomic E-state index is 12.1. The molecule has 0 aromatic carbocycles. The van der Waals surface area contributed by atoms with Gasteiger partial charge in [-0.25, -0.2) is 0 Å². The highest BCUT2D eigenvalue weighted by Crippen LogP contribution is 2.10. The molecule has 1 aliphatic heterocycles. The molecule has 5 nitrogen and oxygen atoms in total. The smallest absolute Gasteiger partial charge is 0.244 e. The van der Waals surface area contributed by atoms with Crippen molar-refractivity contribution in [1.29, 1.82) is 0 Å². The summed E-state index contributed by atoms with van der Waals surface area (Å²) in [4.78, 5) is 25.7. The molecule has 0 radical (unpaired) electrons. The van der Waals surface area contributed by atoms with E-state index in [0.717, 1.165) is 24.6 Å². The Morgan fingerprint density at radius 3 is 2.85 bits per heavy atom. The third-order valence-corrected chi connectivity index (χ3v) is 3.94. The van der Waals surface area contributed by atoms with Crippen molar-refractivity contribution in [2.75, 3.05) is 24.6 Å². The minimum Gasteiger partial charge on any atom is -0.465 e. The van der Waals surface area contributed by atoms with Gasteiger partial charge in [-0.15, -0.1) is 0 Å². The Balaban J connectivity index is 1.82. The molecule has 6 heteroatoms. The van der Waals surface area contributed by atoms with Crippen LogP contribution >= 0.6 is 11.8 Å². The van der Waals surface area contributed by atoms with E-state index in [0.29, 0.717) is 5.76 Å². The van der Waals surface area contributed by atoms with Crippen LogP contribution in [0.5, 0.6) is 0 Å². The maximum Gasteiger partial charge on any atom is 0.244 e. The van der Waals surface area contributed by atoms with E-state index in [2.05, 4.69) is 5.32 Å². The molecule has 1 aromatic rings. The zero-order valence-electron chi connectivity index (χ0n) is 11.4. The fourth-order valence-corrected chi connectivity index (χ4v) is 2.83. The van der Waals surface area contributed by atoms with Crippen LogP contribution in [0.2, 0.25) is 0 Å². The van der Waals surface area contributed by atoms with E-state index >= 15 is 0 Å². The van der Waals surface area contributed by atoms with Crippen LogP contribution in [-0.2, 0) is 9.59 Å². The van der Waals surface area contributed by atoms with Crippen LogP contribution in [0.1, 0.15) is 12.7 Å². The Morgan fingerprint density at radius 2 is 2.20 bits per heavy atom. The fraction of sp³-hybridized carbons (Fsp3) is 0.429. The molecule has 0 spiro atoms. The maximum absolute atomic E-state index is 12.1. The highest BCUT2D eigenvalue weighted by Gasteiger charge is 2.22. The normalized spacial score (nSPS) is 17.1. The molecular weight excluding hydrogens is 276 g/mol. The Bertz CT molecular complexity index is 479. The minimum absolute atomic E-state index is 0.0231. The molecule has 0 saturated carbocycles. The van der Waals surface area contributed by atoms with Crippen LogP contribution in [-0.4, -0.2) is 47.4 Å². The van der Waals surface area contributed by atoms with Gasteiger partial charge in [0.15, 0.2) is 0 Å². The predicted molar refractivity (Wildman–Crippen MR) is 79.3 cm³/mol. The fourth-order valence-electron chi connectivity index (χ4n) is 1.92. The summed E-state index contributed by atoms with van der Waals surface area (Å²) in [6, 6.07) is 2.99. The lowest BCUT2D eigenvalue weighted by molar-refractivity contribution is -0.134. The first-order valence-electron chi connectivity index (χ1n) is 6.55. The van der Waals surface area contributed by atoms with E-state index in [1.165, 1.54) is 12.3 Å². The van der Waals surface area contributed by atoms with E-state index in [1.54, 1.807) is 30.0 Å². The van der Waals surface area contributed by atoms with Gasteiger partial charge in [0.25, 0.3) is 0 Å². The predicted octanol–water partition coefficient (Wildman–Crippen LogP) is 1.37. The topological polar surface area (TPSA) is 62.6 Å². The van der Waals surface area contributed by atoms with Gasteiger partial charge < -0.3 is 14.6 Å². The number of furan rings is 1. The summed E-state index contributed by atoms with van der Waals surface area (Å²) in [7, 11) is 0. The van der Waals surface area contributed by atoms with E-state index in [-0.39, 0.29) is 11.8 Å². The summed E-state index contributed by atoms with van der Waals surface area (Å²) >= 11 is 1.85. The first-order chi connectivity index (χ1) is 9.66. The molecular formula is C14H18N2O3S. The third-order valence-electron chi connectivity index (χ3n) is 2.99. The van der Waals surface area contributed by atoms with Crippen LogP contribution in [0.4, 0.5) is 0 Å². The number of hydrogen-bond acceptors (Lipinski definition) is 4. The summed E-state index contributed by atoms with van der Waals surface area (Å²) in [6.45, 7) is 3.22. The lowest BCUT2D eigenvalue weighted by Crippen LogP contribution is -2.49. The lowest BCUT2D eigenvalue weighted by Gasteiger charge is -2.29. The third kappa shape index (κ3) is 4.16. The Labute approximate surface area is 122 Å². The summed E-state index contributed by atoms with van der Waals surface area (Å²) in [5.41, 5.74) is 0. The van der Waals surface area contributed by atoms with Crippen molar-refractivity contribution in [2.45, 2.75) is 13.0 Å². The van der Waals surface area contributed by atoms with Crippen molar-refractivity contribution < 1.29 is 14.0 Å². The first-order valence-corrected chi connectivity index (χ1v) is 7.71. The number of hydrogen-bond donors (Lipinski definition) is 1. The van der Waals surface area contributed by atoms with E-state index in [4.69, 9.17) is 4.42 Å². The van der Waals surface area contributed by atoms with Gasteiger partial charge in [0.05, 0.1) is 6.26 Å². The standard InChI is InChI=1S/C14H18N2O3S/c1-11(14(18)16-6-9-20-10-7-16)15-13(17)5-4-12-3-2-8-19-12/h2-5,8,11H,6-7,9-10H2,1H3,(H,15,17). The largest absolute Gasteiger partial charge is 0.465 e. The second-order valence-corrected chi connectivity index (χ2v) is 5.74. The van der Waals surface area contributed by atoms with Crippen LogP contribution < -0.4 is 5.32 Å². The van der Waals surface area contributed by atoms with Gasteiger partial charge in [-0.1, -0.05) is 0 Å². The number of amides is 2. The Kier molecular flexibility index (Phi) is 5.29. The number of carbonyl (C=O) groups excluding carboxylic acids is 2. The van der Waals surface area contributed by atoms with Gasteiger partial charge >= 0.3 is 0 Å². The zero-order chi connectivity index (χ0) is 14.4. The van der Waals surface area contributed by atoms with Crippen molar-refractivity contribution in [3.63, 3.8) is 0 Å². The molecule has 2 heterocycles. The zero-order valence-corrected chi connectivity index (χ0v) is 12.2. The molecule has 1 N–H and O–H groups in total. The van der Waals surface area contributed by atoms with E-state index in [9.17, 15) is 9.59 Å². The van der Waals surface area contributed by atoms with Crippen LogP contribution in [0.25, 0.3) is 6.08 Å². The average molecular weight is 294 g/mol. The second-order valence-electron chi connectivity index (χ2n) is 4.52. The van der Waals surface area contributed by atoms with E-state index in [1.807, 2.05) is 11.8 Å². The van der Waals surface area contributed by atoms with Crippen LogP contribution in [0, 0.1) is 0 Å². The Morgan fingerprint density at radius 1 is 1.45 bits per heavy atom. The molecule has 1 saturated heterocycles. The van der Waals surface area contributed by atoms with Gasteiger partial charge in [-0.05, 0) is 25.1 Å². The van der Waals surface area contributed by atoms with E-state index < -0.39 is 6.04 Å². The number of nitrogens with one attached hydrogen (secondary N) is 1. The van der Waals surface area contributed by atoms with Gasteiger partial charge in [-0.2, -0.15) is 11.8 Å². The SMILES string of the molecule is CC(NC(=O)C=Cc1ccco1)C(=O)N1CCSCC1. The number of nitrogens with zero attached hydrogens (tertiary/aromatic N) is 1. The van der Waals surface area contributed by atoms with Crippen molar-refractivity contribution in [1.82, 2.24) is 10.2 Å². The Hall–Kier alpha value is -1.69. The lowest BCUT2D eigenvalue weighted by atomic mass is 10.2. The number of rotatable bonds is 4. The molecule has 1 unspecified atom stereocenters. The summed E-state index contributed by atoms with van der Waals surface area (Å²) in [5, 5.41) is 2.67. The van der Waals surface area contributed by atoms with Crippen LogP contribution in [0.3, 0.4) is 0 Å². The molecule has 2 rings (SSSR count). The molecule has 2 amide bonds. The highest BCUT2D eigenvalue weighted by atomic mass is 32.2. The van der Waals surface area contributed by atoms with Crippen molar-refractivity contribution >= 4 is 29.7 Å². The summed E-state index contributed by atoms with van der Waals surface area (Å²) in [5.74, 6) is 2.21. The van der Waals surface area contributed by atoms with Crippen LogP contribution in [0.15, 0.2) is 28.9 Å². The monoisotopic (exact) mass is 294 g/mol. The molecule has 1 fully saturated rings. The second kappa shape index (κ2) is 7.19. The number of carbonyl (C=O) groups is 2. The highest BCUT2D eigenvalue weighted by molar-refractivity contribution is 7.99. The molecule has 1 aliphatic rings. The van der Waals surface area contributed by atoms with Crippen molar-refractivity contribution in [3.05, 3.63) is 30.2 Å². The minimum atomic E-state index is -0.508. The molecule has 108 valence electrons. The average Bonchev–Trinajstić information content (AvgIpc) is 2.98.